The molecule has 0 aliphatic rings. The van der Waals surface area contributed by atoms with Crippen molar-refractivity contribution in [2.75, 3.05) is 20.1 Å². The van der Waals surface area contributed by atoms with E-state index < -0.39 is 21.9 Å². The molecule has 0 aliphatic carbocycles. The lowest BCUT2D eigenvalue weighted by molar-refractivity contribution is -0.120. The van der Waals surface area contributed by atoms with Crippen molar-refractivity contribution in [2.24, 2.45) is 0 Å². The number of carbonyl (C=O) groups is 2. The van der Waals surface area contributed by atoms with Crippen molar-refractivity contribution >= 4 is 33.5 Å². The Balaban J connectivity index is 3.31. The number of carboxylic acids is 1. The highest BCUT2D eigenvalue weighted by Gasteiger charge is 2.28. The number of carboxylic acid groups (broad SMARTS) is 1. The zero-order valence-corrected chi connectivity index (χ0v) is 13.0. The molecule has 0 aliphatic heterocycles. The third-order valence-electron chi connectivity index (χ3n) is 2.75. The lowest BCUT2D eigenvalue weighted by atomic mass is 10.2. The number of hydrogen-bond donors (Lipinski definition) is 2. The van der Waals surface area contributed by atoms with Gasteiger partial charge in [-0.1, -0.05) is 18.5 Å². The minimum atomic E-state index is -4.07. The van der Waals surface area contributed by atoms with Crippen LogP contribution in [0.25, 0.3) is 0 Å². The number of carbonyl (C=O) groups excluding carboxylic acids is 1. The van der Waals surface area contributed by atoms with E-state index in [0.717, 1.165) is 10.4 Å². The van der Waals surface area contributed by atoms with Crippen molar-refractivity contribution in [1.29, 1.82) is 0 Å². The lowest BCUT2D eigenvalue weighted by Crippen LogP contribution is -2.39. The molecule has 9 heteroatoms. The van der Waals surface area contributed by atoms with Crippen LogP contribution in [0.15, 0.2) is 23.1 Å². The number of benzene rings is 1. The summed E-state index contributed by atoms with van der Waals surface area (Å²) in [7, 11) is -2.68. The fourth-order valence-electron chi connectivity index (χ4n) is 1.58. The van der Waals surface area contributed by atoms with E-state index in [1.54, 1.807) is 6.92 Å². The van der Waals surface area contributed by atoms with Crippen LogP contribution in [0.3, 0.4) is 0 Å². The molecule has 0 unspecified atom stereocenters. The van der Waals surface area contributed by atoms with E-state index in [2.05, 4.69) is 5.32 Å². The zero-order chi connectivity index (χ0) is 16.2. The molecule has 7 nitrogen and oxygen atoms in total. The molecule has 1 amide bonds. The minimum Gasteiger partial charge on any atom is -0.478 e. The van der Waals surface area contributed by atoms with Gasteiger partial charge in [0.05, 0.1) is 17.1 Å². The Labute approximate surface area is 127 Å². The number of halogens is 1. The first-order chi connectivity index (χ1) is 9.73. The predicted octanol–water partition coefficient (Wildman–Crippen LogP) is 0.795. The van der Waals surface area contributed by atoms with Crippen molar-refractivity contribution in [3.8, 4) is 0 Å². The van der Waals surface area contributed by atoms with Crippen molar-refractivity contribution in [3.05, 3.63) is 28.8 Å². The first kappa shape index (κ1) is 17.4. The van der Waals surface area contributed by atoms with Crippen molar-refractivity contribution in [2.45, 2.75) is 11.8 Å². The molecular formula is C12H15ClN2O5S. The second-order valence-corrected chi connectivity index (χ2v) is 6.37. The highest BCUT2D eigenvalue weighted by molar-refractivity contribution is 7.89. The number of rotatable bonds is 6. The third kappa shape index (κ3) is 3.93. The largest absolute Gasteiger partial charge is 0.478 e. The molecular weight excluding hydrogens is 320 g/mol. The van der Waals surface area contributed by atoms with Gasteiger partial charge in [0.25, 0.3) is 0 Å². The number of aromatic carboxylic acids is 1. The predicted molar refractivity (Wildman–Crippen MR) is 76.9 cm³/mol. The van der Waals surface area contributed by atoms with Crippen molar-refractivity contribution in [1.82, 2.24) is 9.62 Å². The summed E-state index contributed by atoms with van der Waals surface area (Å²) in [6.45, 7) is 1.24. The molecule has 1 rings (SSSR count). The van der Waals surface area contributed by atoms with Gasteiger partial charge in [-0.05, 0) is 18.2 Å². The Morgan fingerprint density at radius 3 is 2.48 bits per heavy atom. The number of nitrogens with one attached hydrogen (secondary N) is 1. The van der Waals surface area contributed by atoms with Gasteiger partial charge in [-0.15, -0.1) is 0 Å². The van der Waals surface area contributed by atoms with Gasteiger partial charge in [-0.3, -0.25) is 4.79 Å². The minimum absolute atomic E-state index is 0.0450. The molecule has 1 aromatic carbocycles. The fraction of sp³-hybridized carbons (Fsp3) is 0.333. The summed E-state index contributed by atoms with van der Waals surface area (Å²) in [4.78, 5) is 22.0. The molecule has 0 saturated carbocycles. The second kappa shape index (κ2) is 6.88. The van der Waals surface area contributed by atoms with Gasteiger partial charge in [0.15, 0.2) is 0 Å². The maximum absolute atomic E-state index is 12.5. The van der Waals surface area contributed by atoms with E-state index in [1.165, 1.54) is 19.2 Å². The molecule has 1 aromatic rings. The van der Waals surface area contributed by atoms with Gasteiger partial charge in [-0.25, -0.2) is 13.2 Å². The van der Waals surface area contributed by atoms with Crippen LogP contribution in [0.5, 0.6) is 0 Å². The monoisotopic (exact) mass is 334 g/mol. The molecule has 21 heavy (non-hydrogen) atoms. The summed E-state index contributed by atoms with van der Waals surface area (Å²) in [6.07, 6.45) is 0. The molecule has 0 atom stereocenters. The number of sulfonamides is 1. The summed E-state index contributed by atoms with van der Waals surface area (Å²) in [5.74, 6) is -1.75. The van der Waals surface area contributed by atoms with Gasteiger partial charge in [0, 0.05) is 13.6 Å². The molecule has 0 heterocycles. The normalized spacial score (nSPS) is 11.4. The standard InChI is InChI=1S/C12H15ClN2O5S/c1-3-15(7-11(16)14-2)21(19,20)10-6-8(12(17)18)4-5-9(10)13/h4-6H,3,7H2,1-2H3,(H,14,16)(H,17,18). The first-order valence-corrected chi connectivity index (χ1v) is 7.79. The molecule has 2 N–H and O–H groups in total. The lowest BCUT2D eigenvalue weighted by Gasteiger charge is -2.20. The summed E-state index contributed by atoms with van der Waals surface area (Å²) < 4.78 is 25.9. The van der Waals surface area contributed by atoms with Gasteiger partial charge in [0.2, 0.25) is 15.9 Å². The zero-order valence-electron chi connectivity index (χ0n) is 11.5. The maximum atomic E-state index is 12.5. The third-order valence-corrected chi connectivity index (χ3v) is 5.15. The van der Waals surface area contributed by atoms with E-state index in [9.17, 15) is 18.0 Å². The number of likely N-dealkylation sites (N-methyl/N-ethyl adjacent to an activating group) is 2. The van der Waals surface area contributed by atoms with E-state index in [0.29, 0.717) is 0 Å². The van der Waals surface area contributed by atoms with E-state index in [1.807, 2.05) is 0 Å². The van der Waals surface area contributed by atoms with Crippen LogP contribution < -0.4 is 5.32 Å². The second-order valence-electron chi connectivity index (χ2n) is 4.05. The molecule has 116 valence electrons. The molecule has 0 saturated heterocycles. The molecule has 0 fully saturated rings. The summed E-state index contributed by atoms with van der Waals surface area (Å²) in [5.41, 5.74) is -0.200. The highest BCUT2D eigenvalue weighted by atomic mass is 35.5. The number of amides is 1. The van der Waals surface area contributed by atoms with Gasteiger partial charge < -0.3 is 10.4 Å². The van der Waals surface area contributed by atoms with E-state index in [-0.39, 0.29) is 28.6 Å². The summed E-state index contributed by atoms with van der Waals surface area (Å²) in [5, 5.41) is 11.2. The number of nitrogens with zero attached hydrogens (tertiary/aromatic N) is 1. The van der Waals surface area contributed by atoms with Crippen LogP contribution in [-0.2, 0) is 14.8 Å². The van der Waals surface area contributed by atoms with Crippen LogP contribution in [0.2, 0.25) is 5.02 Å². The van der Waals surface area contributed by atoms with Gasteiger partial charge >= 0.3 is 5.97 Å². The molecule has 0 bridgehead atoms. The average molecular weight is 335 g/mol. The van der Waals surface area contributed by atoms with Crippen LogP contribution >= 0.6 is 11.6 Å². The van der Waals surface area contributed by atoms with E-state index >= 15 is 0 Å². The van der Waals surface area contributed by atoms with Crippen LogP contribution in [-0.4, -0.2) is 49.8 Å². The Morgan fingerprint density at radius 1 is 1.38 bits per heavy atom. The quantitative estimate of drug-likeness (QED) is 0.800. The first-order valence-electron chi connectivity index (χ1n) is 5.97. The van der Waals surface area contributed by atoms with Crippen LogP contribution in [0, 0.1) is 0 Å². The Kier molecular flexibility index (Phi) is 5.70. The number of hydrogen-bond acceptors (Lipinski definition) is 4. The van der Waals surface area contributed by atoms with Crippen molar-refractivity contribution in [3.63, 3.8) is 0 Å². The molecule has 0 spiro atoms. The summed E-state index contributed by atoms with van der Waals surface area (Å²) >= 11 is 5.86. The molecule has 0 radical (unpaired) electrons. The smallest absolute Gasteiger partial charge is 0.335 e. The van der Waals surface area contributed by atoms with Gasteiger partial charge in [0.1, 0.15) is 4.90 Å². The van der Waals surface area contributed by atoms with E-state index in [4.69, 9.17) is 16.7 Å². The van der Waals surface area contributed by atoms with Crippen LogP contribution in [0.1, 0.15) is 17.3 Å². The average Bonchev–Trinajstić information content (AvgIpc) is 2.44. The Morgan fingerprint density at radius 2 is 2.00 bits per heavy atom. The summed E-state index contributed by atoms with van der Waals surface area (Å²) in [6, 6.07) is 3.39. The van der Waals surface area contributed by atoms with Gasteiger partial charge in [-0.2, -0.15) is 4.31 Å². The Hall–Kier alpha value is -1.64. The topological polar surface area (TPSA) is 104 Å². The molecule has 0 aromatic heterocycles. The fourth-order valence-corrected chi connectivity index (χ4v) is 3.48. The maximum Gasteiger partial charge on any atom is 0.335 e. The SMILES string of the molecule is CCN(CC(=O)NC)S(=O)(=O)c1cc(C(=O)O)ccc1Cl. The van der Waals surface area contributed by atoms with Crippen molar-refractivity contribution < 1.29 is 23.1 Å². The highest BCUT2D eigenvalue weighted by Crippen LogP contribution is 2.25. The Bertz CT molecular complexity index is 660. The van der Waals surface area contributed by atoms with Crippen LogP contribution in [0.4, 0.5) is 0 Å².